The van der Waals surface area contributed by atoms with Crippen molar-refractivity contribution in [3.05, 3.63) is 76.1 Å². The average Bonchev–Trinajstić information content (AvgIpc) is 3.67. The maximum absolute atomic E-state index is 13.9. The molecule has 0 unspecified atom stereocenters. The zero-order valence-corrected chi connectivity index (χ0v) is 25.0. The second-order valence-corrected chi connectivity index (χ2v) is 12.2. The molecular formula is C33H35N7O4. The molecule has 226 valence electrons. The van der Waals surface area contributed by atoms with Gasteiger partial charge in [-0.1, -0.05) is 12.1 Å². The fourth-order valence-electron chi connectivity index (χ4n) is 6.62. The smallest absolute Gasteiger partial charge is 0.410 e. The number of piperidine rings is 2. The molecule has 11 nitrogen and oxygen atoms in total. The lowest BCUT2D eigenvalue weighted by molar-refractivity contribution is 0.0941. The van der Waals surface area contributed by atoms with Gasteiger partial charge in [-0.3, -0.25) is 14.0 Å². The van der Waals surface area contributed by atoms with E-state index in [1.165, 1.54) is 0 Å². The summed E-state index contributed by atoms with van der Waals surface area (Å²) < 4.78 is 15.7. The second kappa shape index (κ2) is 11.4. The number of cyclic esters (lactones) is 1. The summed E-state index contributed by atoms with van der Waals surface area (Å²) in [5, 5.41) is 14.4. The molecule has 3 fully saturated rings. The number of carbonyl (C=O) groups is 1. The van der Waals surface area contributed by atoms with Gasteiger partial charge in [-0.05, 0) is 69.7 Å². The van der Waals surface area contributed by atoms with Gasteiger partial charge in [0.2, 0.25) is 0 Å². The zero-order valence-electron chi connectivity index (χ0n) is 25.0. The van der Waals surface area contributed by atoms with Crippen LogP contribution in [-0.2, 0) is 11.3 Å². The van der Waals surface area contributed by atoms with Gasteiger partial charge in [0.15, 0.2) is 0 Å². The largest absolute Gasteiger partial charge is 0.490 e. The van der Waals surface area contributed by atoms with E-state index >= 15 is 0 Å². The fourth-order valence-corrected chi connectivity index (χ4v) is 6.62. The number of aryl methyl sites for hydroxylation is 1. The minimum atomic E-state index is -0.259. The first-order chi connectivity index (χ1) is 21.4. The van der Waals surface area contributed by atoms with Crippen LogP contribution in [0.3, 0.4) is 0 Å². The van der Waals surface area contributed by atoms with Crippen molar-refractivity contribution in [1.29, 1.82) is 5.26 Å². The van der Waals surface area contributed by atoms with Gasteiger partial charge in [0.25, 0.3) is 5.56 Å². The van der Waals surface area contributed by atoms with Crippen molar-refractivity contribution in [2.75, 3.05) is 33.3 Å². The van der Waals surface area contributed by atoms with Crippen LogP contribution in [0.15, 0.2) is 53.6 Å². The van der Waals surface area contributed by atoms with Crippen LogP contribution in [0, 0.1) is 18.3 Å². The van der Waals surface area contributed by atoms with Gasteiger partial charge in [-0.25, -0.2) is 9.78 Å². The highest BCUT2D eigenvalue weighted by atomic mass is 16.6. The SMILES string of the molecule is Cc1nc2cc(-c3cnn(C4CCN(C)CC4)c3)c(O[C@H]3CCN4C(=O)OC[C@@H]4C3)cc2c(=O)n1Cc1ccc(C#N)cc1. The van der Waals surface area contributed by atoms with Crippen LogP contribution in [0.2, 0.25) is 0 Å². The second-order valence-electron chi connectivity index (χ2n) is 12.2. The zero-order chi connectivity index (χ0) is 30.4. The number of fused-ring (bicyclic) bond motifs is 2. The Labute approximate surface area is 255 Å². The number of rotatable bonds is 6. The summed E-state index contributed by atoms with van der Waals surface area (Å²) in [5.41, 5.74) is 3.68. The number of aromatic nitrogens is 4. The van der Waals surface area contributed by atoms with Crippen molar-refractivity contribution in [2.24, 2.45) is 0 Å². The number of hydrogen-bond donors (Lipinski definition) is 0. The first kappa shape index (κ1) is 28.1. The molecule has 0 aliphatic carbocycles. The van der Waals surface area contributed by atoms with E-state index in [0.717, 1.165) is 42.6 Å². The number of amides is 1. The lowest BCUT2D eigenvalue weighted by Gasteiger charge is -2.33. The van der Waals surface area contributed by atoms with Gasteiger partial charge in [0.1, 0.15) is 24.3 Å². The summed E-state index contributed by atoms with van der Waals surface area (Å²) in [6.45, 7) is 5.20. The Morgan fingerprint density at radius 1 is 1.07 bits per heavy atom. The quantitative estimate of drug-likeness (QED) is 0.328. The van der Waals surface area contributed by atoms with E-state index < -0.39 is 0 Å². The average molecular weight is 594 g/mol. The summed E-state index contributed by atoms with van der Waals surface area (Å²) in [6.07, 6.45) is 6.97. The van der Waals surface area contributed by atoms with Crippen LogP contribution in [0.1, 0.15) is 48.7 Å². The van der Waals surface area contributed by atoms with E-state index in [4.69, 9.17) is 24.8 Å². The molecule has 0 N–H and O–H groups in total. The summed E-state index contributed by atoms with van der Waals surface area (Å²) in [6, 6.07) is 13.4. The first-order valence-corrected chi connectivity index (χ1v) is 15.2. The highest BCUT2D eigenvalue weighted by molar-refractivity contribution is 5.87. The minimum absolute atomic E-state index is 0.00805. The van der Waals surface area contributed by atoms with E-state index in [2.05, 4.69) is 28.9 Å². The van der Waals surface area contributed by atoms with Gasteiger partial charge in [-0.2, -0.15) is 10.4 Å². The maximum Gasteiger partial charge on any atom is 0.410 e. The molecule has 0 saturated carbocycles. The van der Waals surface area contributed by atoms with Crippen LogP contribution >= 0.6 is 0 Å². The van der Waals surface area contributed by atoms with Gasteiger partial charge in [0.05, 0.1) is 47.4 Å². The van der Waals surface area contributed by atoms with Crippen molar-refractivity contribution >= 4 is 17.0 Å². The molecule has 44 heavy (non-hydrogen) atoms. The number of hydrogen-bond acceptors (Lipinski definition) is 8. The molecule has 2 aromatic heterocycles. The molecule has 0 bridgehead atoms. The Bertz CT molecular complexity index is 1810. The maximum atomic E-state index is 13.9. The molecule has 3 saturated heterocycles. The molecule has 5 heterocycles. The number of likely N-dealkylation sites (tertiary alicyclic amines) is 1. The molecule has 4 aromatic rings. The van der Waals surface area contributed by atoms with E-state index in [1.807, 2.05) is 37.4 Å². The topological polar surface area (TPSA) is 119 Å². The van der Waals surface area contributed by atoms with E-state index in [1.54, 1.807) is 21.6 Å². The Kier molecular flexibility index (Phi) is 7.30. The van der Waals surface area contributed by atoms with E-state index in [0.29, 0.717) is 66.6 Å². The van der Waals surface area contributed by atoms with Gasteiger partial charge < -0.3 is 19.3 Å². The lowest BCUT2D eigenvalue weighted by Crippen LogP contribution is -2.44. The number of carbonyl (C=O) groups excluding carboxylic acids is 1. The predicted molar refractivity (Wildman–Crippen MR) is 163 cm³/mol. The molecule has 11 heteroatoms. The van der Waals surface area contributed by atoms with Crippen molar-refractivity contribution in [1.82, 2.24) is 29.1 Å². The number of nitrogens with zero attached hydrogens (tertiary/aromatic N) is 7. The van der Waals surface area contributed by atoms with Crippen LogP contribution in [0.5, 0.6) is 5.75 Å². The normalized spacial score (nSPS) is 20.8. The minimum Gasteiger partial charge on any atom is -0.490 e. The predicted octanol–water partition coefficient (Wildman–Crippen LogP) is 4.12. The number of ether oxygens (including phenoxy) is 2. The summed E-state index contributed by atoms with van der Waals surface area (Å²) in [4.78, 5) is 35.0. The van der Waals surface area contributed by atoms with Crippen LogP contribution in [0.25, 0.3) is 22.0 Å². The Morgan fingerprint density at radius 3 is 2.64 bits per heavy atom. The van der Waals surface area contributed by atoms with Gasteiger partial charge in [-0.15, -0.1) is 0 Å². The third-order valence-corrected chi connectivity index (χ3v) is 9.24. The van der Waals surface area contributed by atoms with Crippen molar-refractivity contribution in [3.63, 3.8) is 0 Å². The summed E-state index contributed by atoms with van der Waals surface area (Å²) in [7, 11) is 2.15. The molecule has 3 aliphatic heterocycles. The molecule has 3 aliphatic rings. The van der Waals surface area contributed by atoms with Crippen molar-refractivity contribution in [3.8, 4) is 22.9 Å². The molecule has 7 rings (SSSR count). The molecule has 2 aromatic carbocycles. The molecule has 1 amide bonds. The molecule has 0 radical (unpaired) electrons. The standard InChI is InChI=1S/C33H35N7O4/c1-21-36-30-14-28(24-17-35-40(19-24)25-7-10-37(2)11-8-25)31(44-27-9-12-38-26(13-27)20-43-33(38)42)15-29(30)32(41)39(21)18-23-5-3-22(16-34)4-6-23/h3-6,14-15,17,19,25-27H,7-13,18,20H2,1-2H3/t26-,27-/m0/s1. The Hall–Kier alpha value is -4.69. The summed E-state index contributed by atoms with van der Waals surface area (Å²) in [5.74, 6) is 1.21. The molecular weight excluding hydrogens is 558 g/mol. The monoisotopic (exact) mass is 593 g/mol. The van der Waals surface area contributed by atoms with Crippen molar-refractivity contribution in [2.45, 2.75) is 57.3 Å². The van der Waals surface area contributed by atoms with Crippen LogP contribution in [0.4, 0.5) is 4.79 Å². The van der Waals surface area contributed by atoms with Gasteiger partial charge in [0, 0.05) is 36.7 Å². The van der Waals surface area contributed by atoms with Crippen LogP contribution in [-0.4, -0.2) is 80.7 Å². The third-order valence-electron chi connectivity index (χ3n) is 9.24. The Balaban J connectivity index is 1.26. The highest BCUT2D eigenvalue weighted by Gasteiger charge is 2.39. The molecule has 0 spiro atoms. The van der Waals surface area contributed by atoms with E-state index in [9.17, 15) is 9.59 Å². The van der Waals surface area contributed by atoms with Crippen LogP contribution < -0.4 is 10.3 Å². The lowest BCUT2D eigenvalue weighted by atomic mass is 10.00. The summed E-state index contributed by atoms with van der Waals surface area (Å²) >= 11 is 0. The first-order valence-electron chi connectivity index (χ1n) is 15.2. The molecule has 2 atom stereocenters. The number of benzene rings is 2. The van der Waals surface area contributed by atoms with Crippen molar-refractivity contribution < 1.29 is 14.3 Å². The number of nitriles is 1. The third kappa shape index (κ3) is 5.30. The Morgan fingerprint density at radius 2 is 1.86 bits per heavy atom. The highest BCUT2D eigenvalue weighted by Crippen LogP contribution is 2.37. The fraction of sp³-hybridized carbons (Fsp3) is 0.424. The van der Waals surface area contributed by atoms with Gasteiger partial charge >= 0.3 is 6.09 Å². The van der Waals surface area contributed by atoms with E-state index in [-0.39, 0.29) is 23.8 Å².